The molecule has 0 saturated carbocycles. The predicted octanol–water partition coefficient (Wildman–Crippen LogP) is 3.01. The highest BCUT2D eigenvalue weighted by Crippen LogP contribution is 2.24. The van der Waals surface area contributed by atoms with Crippen molar-refractivity contribution in [2.45, 2.75) is 25.3 Å². The van der Waals surface area contributed by atoms with Crippen LogP contribution in [-0.2, 0) is 12.8 Å². The first-order valence-corrected chi connectivity index (χ1v) is 6.56. The summed E-state index contributed by atoms with van der Waals surface area (Å²) < 4.78 is 5.17. The molecule has 0 aliphatic heterocycles. The van der Waals surface area contributed by atoms with E-state index in [0.29, 0.717) is 6.04 Å². The number of nitrogens with zero attached hydrogens (tertiary/aromatic N) is 1. The number of nitrogens with two attached hydrogens (primary N) is 1. The number of ether oxygens (including phenoxy) is 1. The number of aromatic nitrogens is 1. The predicted molar refractivity (Wildman–Crippen MR) is 84.5 cm³/mol. The van der Waals surface area contributed by atoms with Crippen molar-refractivity contribution in [3.63, 3.8) is 0 Å². The zero-order chi connectivity index (χ0) is 13.5. The fourth-order valence-electron chi connectivity index (χ4n) is 2.20. The molecule has 1 aromatic heterocycles. The van der Waals surface area contributed by atoms with Crippen LogP contribution in [0.2, 0.25) is 0 Å². The first-order chi connectivity index (χ1) is 9.29. The Kier molecular flexibility index (Phi) is 7.05. The molecule has 2 N–H and O–H groups in total. The molecule has 0 fully saturated rings. The number of aryl methyl sites for hydroxylation is 1. The van der Waals surface area contributed by atoms with Gasteiger partial charge in [-0.15, -0.1) is 12.4 Å². The molecule has 3 nitrogen and oxygen atoms in total. The number of rotatable bonds is 1. The maximum atomic E-state index is 5.90. The van der Waals surface area contributed by atoms with Crippen LogP contribution in [0.25, 0.3) is 0 Å². The van der Waals surface area contributed by atoms with Crippen LogP contribution in [0.5, 0.6) is 5.75 Å². The van der Waals surface area contributed by atoms with Crippen molar-refractivity contribution in [2.24, 2.45) is 5.73 Å². The van der Waals surface area contributed by atoms with E-state index in [1.54, 1.807) is 19.5 Å². The van der Waals surface area contributed by atoms with Crippen LogP contribution in [0.15, 0.2) is 48.8 Å². The second kappa shape index (κ2) is 8.56. The van der Waals surface area contributed by atoms with E-state index in [0.717, 1.165) is 25.0 Å². The molecule has 108 valence electrons. The molecule has 20 heavy (non-hydrogen) atoms. The van der Waals surface area contributed by atoms with Crippen molar-refractivity contribution in [1.29, 1.82) is 0 Å². The molecule has 0 radical (unpaired) electrons. The maximum Gasteiger partial charge on any atom is 0.119 e. The number of methoxy groups -OCH3 is 1. The van der Waals surface area contributed by atoms with Crippen LogP contribution < -0.4 is 10.5 Å². The minimum absolute atomic E-state index is 0. The summed E-state index contributed by atoms with van der Waals surface area (Å²) in [6.45, 7) is 0. The third-order valence-electron chi connectivity index (χ3n) is 3.25. The molecular weight excluding hydrogens is 272 g/mol. The van der Waals surface area contributed by atoms with E-state index in [4.69, 9.17) is 10.5 Å². The first-order valence-electron chi connectivity index (χ1n) is 6.56. The second-order valence-electron chi connectivity index (χ2n) is 4.66. The van der Waals surface area contributed by atoms with Crippen molar-refractivity contribution in [2.75, 3.05) is 7.11 Å². The molecule has 1 heterocycles. The van der Waals surface area contributed by atoms with Crippen molar-refractivity contribution in [3.8, 4) is 5.75 Å². The Morgan fingerprint density at radius 3 is 2.45 bits per heavy atom. The van der Waals surface area contributed by atoms with Gasteiger partial charge in [0.05, 0.1) is 7.11 Å². The number of benzene rings is 1. The smallest absolute Gasteiger partial charge is 0.119 e. The highest BCUT2D eigenvalue weighted by atomic mass is 35.5. The van der Waals surface area contributed by atoms with Gasteiger partial charge in [0, 0.05) is 18.4 Å². The Balaban J connectivity index is 0.000000243. The van der Waals surface area contributed by atoms with E-state index in [1.165, 1.54) is 11.1 Å². The molecule has 2 aromatic rings. The average Bonchev–Trinajstić information content (AvgIpc) is 2.49. The van der Waals surface area contributed by atoms with Gasteiger partial charge in [-0.2, -0.15) is 0 Å². The van der Waals surface area contributed by atoms with Gasteiger partial charge in [0.15, 0.2) is 0 Å². The van der Waals surface area contributed by atoms with Crippen LogP contribution in [0.1, 0.15) is 17.5 Å². The Hall–Kier alpha value is -1.58. The van der Waals surface area contributed by atoms with Gasteiger partial charge in [-0.1, -0.05) is 12.1 Å². The maximum absolute atomic E-state index is 5.90. The quantitative estimate of drug-likeness (QED) is 0.879. The zero-order valence-corrected chi connectivity index (χ0v) is 12.5. The van der Waals surface area contributed by atoms with Gasteiger partial charge in [0.1, 0.15) is 5.75 Å². The van der Waals surface area contributed by atoms with Crippen LogP contribution in [0.4, 0.5) is 0 Å². The van der Waals surface area contributed by atoms with Gasteiger partial charge >= 0.3 is 0 Å². The van der Waals surface area contributed by atoms with Gasteiger partial charge in [-0.3, -0.25) is 4.98 Å². The molecule has 0 bridgehead atoms. The molecule has 1 aliphatic rings. The van der Waals surface area contributed by atoms with Crippen molar-refractivity contribution in [3.05, 3.63) is 59.9 Å². The first kappa shape index (κ1) is 16.5. The Bertz CT molecular complexity index is 478. The number of hydrogen-bond donors (Lipinski definition) is 1. The van der Waals surface area contributed by atoms with Crippen LogP contribution in [-0.4, -0.2) is 18.1 Å². The summed E-state index contributed by atoms with van der Waals surface area (Å²) in [4.78, 5) is 3.78. The molecule has 0 amide bonds. The molecule has 0 spiro atoms. The van der Waals surface area contributed by atoms with Crippen molar-refractivity contribution >= 4 is 12.4 Å². The Labute approximate surface area is 126 Å². The summed E-state index contributed by atoms with van der Waals surface area (Å²) in [5, 5.41) is 0. The fourth-order valence-corrected chi connectivity index (χ4v) is 2.20. The molecule has 1 atom stereocenters. The molecule has 0 saturated heterocycles. The highest BCUT2D eigenvalue weighted by Gasteiger charge is 2.15. The standard InChI is InChI=1S/C11H15NO.C5H5N.ClH/c1-13-11-5-3-8-2-4-10(12)6-9(8)7-11;1-2-4-6-5-3-1;/h3,5,7,10H,2,4,6,12H2,1H3;1-5H;1H. The lowest BCUT2D eigenvalue weighted by molar-refractivity contribution is 0.413. The molecule has 1 aliphatic carbocycles. The van der Waals surface area contributed by atoms with E-state index in [1.807, 2.05) is 24.3 Å². The molecule has 3 rings (SSSR count). The molecule has 1 aromatic carbocycles. The van der Waals surface area contributed by atoms with Crippen LogP contribution in [0, 0.1) is 0 Å². The van der Waals surface area contributed by atoms with Gasteiger partial charge in [-0.05, 0) is 54.7 Å². The van der Waals surface area contributed by atoms with E-state index < -0.39 is 0 Å². The minimum Gasteiger partial charge on any atom is -0.497 e. The van der Waals surface area contributed by atoms with E-state index in [2.05, 4.69) is 17.1 Å². The largest absolute Gasteiger partial charge is 0.497 e. The summed E-state index contributed by atoms with van der Waals surface area (Å²) >= 11 is 0. The molecule has 1 unspecified atom stereocenters. The lowest BCUT2D eigenvalue weighted by Gasteiger charge is -2.21. The SMILES string of the molecule is COc1ccc2c(c1)CC(N)CC2.Cl.c1ccncc1. The number of halogens is 1. The monoisotopic (exact) mass is 292 g/mol. The highest BCUT2D eigenvalue weighted by molar-refractivity contribution is 5.85. The average molecular weight is 293 g/mol. The van der Waals surface area contributed by atoms with Crippen LogP contribution >= 0.6 is 12.4 Å². The van der Waals surface area contributed by atoms with Gasteiger partial charge in [-0.25, -0.2) is 0 Å². The van der Waals surface area contributed by atoms with Gasteiger partial charge in [0.2, 0.25) is 0 Å². The summed E-state index contributed by atoms with van der Waals surface area (Å²) in [6, 6.07) is 12.3. The zero-order valence-electron chi connectivity index (χ0n) is 11.7. The molecule has 4 heteroatoms. The Morgan fingerprint density at radius 1 is 1.15 bits per heavy atom. The van der Waals surface area contributed by atoms with Crippen LogP contribution in [0.3, 0.4) is 0 Å². The van der Waals surface area contributed by atoms with Gasteiger partial charge in [0.25, 0.3) is 0 Å². The second-order valence-corrected chi connectivity index (χ2v) is 4.66. The number of hydrogen-bond acceptors (Lipinski definition) is 3. The lowest BCUT2D eigenvalue weighted by Crippen LogP contribution is -2.27. The summed E-state index contributed by atoms with van der Waals surface area (Å²) in [7, 11) is 1.70. The third kappa shape index (κ3) is 4.83. The minimum atomic E-state index is 0. The van der Waals surface area contributed by atoms with Crippen molar-refractivity contribution < 1.29 is 4.74 Å². The lowest BCUT2D eigenvalue weighted by atomic mass is 9.89. The van der Waals surface area contributed by atoms with E-state index >= 15 is 0 Å². The summed E-state index contributed by atoms with van der Waals surface area (Å²) in [6.07, 6.45) is 6.71. The summed E-state index contributed by atoms with van der Waals surface area (Å²) in [5.41, 5.74) is 8.69. The number of fused-ring (bicyclic) bond motifs is 1. The number of pyridine rings is 1. The van der Waals surface area contributed by atoms with E-state index in [9.17, 15) is 0 Å². The topological polar surface area (TPSA) is 48.1 Å². The Morgan fingerprint density at radius 2 is 1.90 bits per heavy atom. The van der Waals surface area contributed by atoms with Gasteiger partial charge < -0.3 is 10.5 Å². The van der Waals surface area contributed by atoms with E-state index in [-0.39, 0.29) is 12.4 Å². The summed E-state index contributed by atoms with van der Waals surface area (Å²) in [5.74, 6) is 0.938. The molecular formula is C16H21ClN2O. The third-order valence-corrected chi connectivity index (χ3v) is 3.25. The normalized spacial score (nSPS) is 16.0. The fraction of sp³-hybridized carbons (Fsp3) is 0.312. The van der Waals surface area contributed by atoms with Crippen molar-refractivity contribution in [1.82, 2.24) is 4.98 Å².